The number of aryl methyl sites for hydroxylation is 1. The molecule has 86 valence electrons. The Labute approximate surface area is 95.5 Å². The number of hydrogen-bond acceptors (Lipinski definition) is 2. The van der Waals surface area contributed by atoms with Gasteiger partial charge in [0.1, 0.15) is 0 Å². The van der Waals surface area contributed by atoms with Gasteiger partial charge in [0.2, 0.25) is 0 Å². The fourth-order valence-electron chi connectivity index (χ4n) is 2.19. The van der Waals surface area contributed by atoms with E-state index in [4.69, 9.17) is 5.11 Å². The third-order valence-corrected chi connectivity index (χ3v) is 3.50. The number of nitrogens with zero attached hydrogens (tertiary/aromatic N) is 1. The largest absolute Gasteiger partial charge is 0.481 e. The summed E-state index contributed by atoms with van der Waals surface area (Å²) in [6.07, 6.45) is 5.54. The average Bonchev–Trinajstić information content (AvgIpc) is 2.24. The molecule has 1 aromatic rings. The molecule has 0 saturated heterocycles. The zero-order chi connectivity index (χ0) is 11.5. The molecule has 1 saturated carbocycles. The van der Waals surface area contributed by atoms with Crippen LogP contribution in [0.4, 0.5) is 0 Å². The number of aliphatic carboxylic acids is 1. The first-order valence-corrected chi connectivity index (χ1v) is 5.87. The van der Waals surface area contributed by atoms with E-state index in [9.17, 15) is 4.79 Å². The Morgan fingerprint density at radius 3 is 2.75 bits per heavy atom. The van der Waals surface area contributed by atoms with Gasteiger partial charge in [0.25, 0.3) is 0 Å². The van der Waals surface area contributed by atoms with E-state index in [0.717, 1.165) is 31.4 Å². The molecule has 16 heavy (non-hydrogen) atoms. The number of carboxylic acid groups (broad SMARTS) is 1. The van der Waals surface area contributed by atoms with Gasteiger partial charge in [0.05, 0.1) is 5.92 Å². The van der Waals surface area contributed by atoms with Crippen molar-refractivity contribution in [2.24, 2.45) is 11.8 Å². The maximum absolute atomic E-state index is 10.9. The molecule has 1 aliphatic rings. The van der Waals surface area contributed by atoms with Crippen molar-refractivity contribution < 1.29 is 9.90 Å². The topological polar surface area (TPSA) is 50.2 Å². The standard InChI is InChI=1S/C13H17NO2/c1-2-9-3-5-11(14-8-9)7-10-4-6-12(10)13(15)16/h3,5,8,10,12H,2,4,6-7H2,1H3,(H,15,16). The Morgan fingerprint density at radius 2 is 2.31 bits per heavy atom. The van der Waals surface area contributed by atoms with E-state index < -0.39 is 5.97 Å². The minimum atomic E-state index is -0.651. The third-order valence-electron chi connectivity index (χ3n) is 3.50. The highest BCUT2D eigenvalue weighted by molar-refractivity contribution is 5.71. The van der Waals surface area contributed by atoms with Crippen molar-refractivity contribution in [2.45, 2.75) is 32.6 Å². The first-order valence-electron chi connectivity index (χ1n) is 5.87. The quantitative estimate of drug-likeness (QED) is 0.845. The number of pyridine rings is 1. The van der Waals surface area contributed by atoms with E-state index in [2.05, 4.69) is 18.0 Å². The summed E-state index contributed by atoms with van der Waals surface area (Å²) in [6, 6.07) is 4.10. The molecule has 1 aromatic heterocycles. The third kappa shape index (κ3) is 2.23. The molecule has 1 heterocycles. The monoisotopic (exact) mass is 219 g/mol. The molecule has 1 fully saturated rings. The van der Waals surface area contributed by atoms with Crippen LogP contribution in [-0.4, -0.2) is 16.1 Å². The smallest absolute Gasteiger partial charge is 0.306 e. The number of aromatic nitrogens is 1. The summed E-state index contributed by atoms with van der Waals surface area (Å²) in [4.78, 5) is 15.2. The summed E-state index contributed by atoms with van der Waals surface area (Å²) >= 11 is 0. The highest BCUT2D eigenvalue weighted by atomic mass is 16.4. The Bertz CT molecular complexity index is 372. The lowest BCUT2D eigenvalue weighted by molar-refractivity contribution is -0.147. The summed E-state index contributed by atoms with van der Waals surface area (Å²) in [6.45, 7) is 2.10. The average molecular weight is 219 g/mol. The molecule has 3 heteroatoms. The van der Waals surface area contributed by atoms with Crippen LogP contribution in [0.5, 0.6) is 0 Å². The molecule has 2 atom stereocenters. The number of hydrogen-bond donors (Lipinski definition) is 1. The molecule has 2 unspecified atom stereocenters. The van der Waals surface area contributed by atoms with Crippen molar-refractivity contribution in [2.75, 3.05) is 0 Å². The van der Waals surface area contributed by atoms with Crippen molar-refractivity contribution in [3.8, 4) is 0 Å². The first kappa shape index (κ1) is 11.1. The van der Waals surface area contributed by atoms with Crippen LogP contribution in [0.25, 0.3) is 0 Å². The van der Waals surface area contributed by atoms with Crippen LogP contribution < -0.4 is 0 Å². The van der Waals surface area contributed by atoms with Gasteiger partial charge in [0, 0.05) is 11.9 Å². The summed E-state index contributed by atoms with van der Waals surface area (Å²) in [5, 5.41) is 8.94. The highest BCUT2D eigenvalue weighted by Crippen LogP contribution is 2.36. The van der Waals surface area contributed by atoms with Crippen molar-refractivity contribution in [1.82, 2.24) is 4.98 Å². The minimum Gasteiger partial charge on any atom is -0.481 e. The SMILES string of the molecule is CCc1ccc(CC2CCC2C(=O)O)nc1. The van der Waals surface area contributed by atoms with Gasteiger partial charge in [0.15, 0.2) is 0 Å². The maximum Gasteiger partial charge on any atom is 0.306 e. The normalized spacial score (nSPS) is 23.8. The molecule has 0 radical (unpaired) electrons. The molecular weight excluding hydrogens is 202 g/mol. The second-order valence-corrected chi connectivity index (χ2v) is 4.50. The second-order valence-electron chi connectivity index (χ2n) is 4.50. The van der Waals surface area contributed by atoms with Gasteiger partial charge in [-0.1, -0.05) is 13.0 Å². The molecule has 0 spiro atoms. The second kappa shape index (κ2) is 4.64. The van der Waals surface area contributed by atoms with Crippen LogP contribution >= 0.6 is 0 Å². The molecule has 0 amide bonds. The molecule has 2 rings (SSSR count). The Morgan fingerprint density at radius 1 is 1.50 bits per heavy atom. The molecule has 0 aromatic carbocycles. The van der Waals surface area contributed by atoms with Crippen LogP contribution in [0.3, 0.4) is 0 Å². The zero-order valence-corrected chi connectivity index (χ0v) is 9.52. The maximum atomic E-state index is 10.9. The van der Waals surface area contributed by atoms with E-state index >= 15 is 0 Å². The molecule has 3 nitrogen and oxygen atoms in total. The lowest BCUT2D eigenvalue weighted by Crippen LogP contribution is -2.34. The predicted molar refractivity (Wildman–Crippen MR) is 61.2 cm³/mol. The Hall–Kier alpha value is -1.38. The van der Waals surface area contributed by atoms with Crippen molar-refractivity contribution in [1.29, 1.82) is 0 Å². The summed E-state index contributed by atoms with van der Waals surface area (Å²) in [5.74, 6) is -0.508. The Balaban J connectivity index is 1.96. The molecule has 1 N–H and O–H groups in total. The van der Waals surface area contributed by atoms with Crippen molar-refractivity contribution in [3.63, 3.8) is 0 Å². The summed E-state index contributed by atoms with van der Waals surface area (Å²) in [7, 11) is 0. The van der Waals surface area contributed by atoms with Gasteiger partial charge in [-0.2, -0.15) is 0 Å². The molecule has 1 aliphatic carbocycles. The van der Waals surface area contributed by atoms with E-state index in [1.54, 1.807) is 0 Å². The Kier molecular flexibility index (Phi) is 3.22. The number of carbonyl (C=O) groups is 1. The number of rotatable bonds is 4. The fraction of sp³-hybridized carbons (Fsp3) is 0.538. The van der Waals surface area contributed by atoms with Gasteiger partial charge >= 0.3 is 5.97 Å². The fourth-order valence-corrected chi connectivity index (χ4v) is 2.19. The van der Waals surface area contributed by atoms with Gasteiger partial charge in [-0.15, -0.1) is 0 Å². The van der Waals surface area contributed by atoms with Gasteiger partial charge in [-0.25, -0.2) is 0 Å². The van der Waals surface area contributed by atoms with Crippen LogP contribution in [0.15, 0.2) is 18.3 Å². The van der Waals surface area contributed by atoms with Crippen LogP contribution in [-0.2, 0) is 17.6 Å². The molecule has 0 bridgehead atoms. The van der Waals surface area contributed by atoms with E-state index in [0.29, 0.717) is 0 Å². The summed E-state index contributed by atoms with van der Waals surface area (Å²) < 4.78 is 0. The summed E-state index contributed by atoms with van der Waals surface area (Å²) in [5.41, 5.74) is 2.25. The van der Waals surface area contributed by atoms with E-state index in [1.165, 1.54) is 5.56 Å². The number of carboxylic acids is 1. The van der Waals surface area contributed by atoms with E-state index in [-0.39, 0.29) is 11.8 Å². The highest BCUT2D eigenvalue weighted by Gasteiger charge is 2.36. The van der Waals surface area contributed by atoms with Gasteiger partial charge in [-0.3, -0.25) is 9.78 Å². The molecular formula is C13H17NO2. The van der Waals surface area contributed by atoms with Gasteiger partial charge in [-0.05, 0) is 43.2 Å². The zero-order valence-electron chi connectivity index (χ0n) is 9.52. The van der Waals surface area contributed by atoms with Crippen LogP contribution in [0, 0.1) is 11.8 Å². The molecule has 0 aliphatic heterocycles. The lowest BCUT2D eigenvalue weighted by Gasteiger charge is -2.33. The first-order chi connectivity index (χ1) is 7.70. The van der Waals surface area contributed by atoms with Crippen molar-refractivity contribution >= 4 is 5.97 Å². The van der Waals surface area contributed by atoms with E-state index in [1.807, 2.05) is 12.3 Å². The minimum absolute atomic E-state index is 0.146. The van der Waals surface area contributed by atoms with Gasteiger partial charge < -0.3 is 5.11 Å². The van der Waals surface area contributed by atoms with Crippen molar-refractivity contribution in [3.05, 3.63) is 29.6 Å². The predicted octanol–water partition coefficient (Wildman–Crippen LogP) is 2.30. The lowest BCUT2D eigenvalue weighted by atomic mass is 9.71. The van der Waals surface area contributed by atoms with Crippen LogP contribution in [0.2, 0.25) is 0 Å². The van der Waals surface area contributed by atoms with Crippen LogP contribution in [0.1, 0.15) is 31.0 Å².